The van der Waals surface area contributed by atoms with Crippen molar-refractivity contribution in [3.05, 3.63) is 0 Å². The maximum Gasteiger partial charge on any atom is 0.0197 e. The monoisotopic (exact) mass is 537 g/mol. The highest BCUT2D eigenvalue weighted by Gasteiger charge is 1.97. The van der Waals surface area contributed by atoms with Crippen molar-refractivity contribution in [3.8, 4) is 0 Å². The Bertz CT molecular complexity index is 332. The first-order chi connectivity index (χ1) is 18.4. The Hall–Kier alpha value is 0.217. The molecule has 0 radical (unpaired) electrons. The van der Waals surface area contributed by atoms with Crippen LogP contribution in [0.25, 0.3) is 0 Å². The second kappa shape index (κ2) is 36.2. The molecule has 0 unspecified atom stereocenters. The van der Waals surface area contributed by atoms with E-state index < -0.39 is 0 Å². The van der Waals surface area contributed by atoms with Crippen LogP contribution >= 0.6 is 0 Å². The van der Waals surface area contributed by atoms with Gasteiger partial charge in [-0.1, -0.05) is 231 Å². The van der Waals surface area contributed by atoms with E-state index in [4.69, 9.17) is 0 Å². The lowest BCUT2D eigenvalue weighted by Crippen LogP contribution is -1.90. The predicted molar refractivity (Wildman–Crippen MR) is 177 cm³/mol. The minimum absolute atomic E-state index is 0.282. The summed E-state index contributed by atoms with van der Waals surface area (Å²) in [5.41, 5.74) is 0. The molecule has 0 aliphatic rings. The Morgan fingerprint density at radius 1 is 0.216 bits per heavy atom. The van der Waals surface area contributed by atoms with E-state index in [2.05, 4.69) is 13.8 Å². The lowest BCUT2D eigenvalue weighted by Gasteiger charge is -2.04. The zero-order valence-electron chi connectivity index (χ0n) is 26.7. The van der Waals surface area contributed by atoms with Gasteiger partial charge in [0.05, 0.1) is 0 Å². The standard InChI is InChI=1S/C36H76Si/c1-3-5-7-9-11-13-15-17-19-21-23-25-27-29-31-33-35-37-36-34-32-30-28-26-24-22-20-18-16-14-12-10-8-6-4-2/h3-37H2,1-2H3. The van der Waals surface area contributed by atoms with Crippen molar-refractivity contribution in [3.63, 3.8) is 0 Å². The van der Waals surface area contributed by atoms with Crippen LogP contribution in [0.5, 0.6) is 0 Å². The summed E-state index contributed by atoms with van der Waals surface area (Å²) in [6.07, 6.45) is 47.8. The van der Waals surface area contributed by atoms with E-state index in [1.54, 1.807) is 24.9 Å². The largest absolute Gasteiger partial charge is 0.0654 e. The van der Waals surface area contributed by atoms with Gasteiger partial charge in [-0.05, 0) is 0 Å². The molecule has 0 atom stereocenters. The molecule has 0 N–H and O–H groups in total. The zero-order valence-corrected chi connectivity index (χ0v) is 28.2. The van der Waals surface area contributed by atoms with Crippen LogP contribution in [0.15, 0.2) is 0 Å². The van der Waals surface area contributed by atoms with E-state index in [0.717, 1.165) is 0 Å². The van der Waals surface area contributed by atoms with Gasteiger partial charge in [-0.15, -0.1) is 0 Å². The Morgan fingerprint density at radius 2 is 0.378 bits per heavy atom. The van der Waals surface area contributed by atoms with Crippen LogP contribution in [-0.2, 0) is 0 Å². The van der Waals surface area contributed by atoms with Crippen LogP contribution in [0.3, 0.4) is 0 Å². The first kappa shape index (κ1) is 37.2. The SMILES string of the molecule is CCCCCCCCCCCCCCCCCC[SiH2]CCCCCCCCCCCCCCCCCC. The third kappa shape index (κ3) is 36.2. The van der Waals surface area contributed by atoms with Gasteiger partial charge in [0.25, 0.3) is 0 Å². The van der Waals surface area contributed by atoms with Gasteiger partial charge < -0.3 is 0 Å². The summed E-state index contributed by atoms with van der Waals surface area (Å²) in [6.45, 7) is 4.62. The first-order valence-electron chi connectivity index (χ1n) is 18.4. The highest BCUT2D eigenvalue weighted by atomic mass is 28.2. The fourth-order valence-electron chi connectivity index (χ4n) is 5.98. The molecule has 0 rings (SSSR count). The highest BCUT2D eigenvalue weighted by Crippen LogP contribution is 2.16. The normalized spacial score (nSPS) is 11.5. The Morgan fingerprint density at radius 3 is 0.568 bits per heavy atom. The molecule has 0 bridgehead atoms. The van der Waals surface area contributed by atoms with Crippen LogP contribution in [0, 0.1) is 0 Å². The van der Waals surface area contributed by atoms with Crippen molar-refractivity contribution >= 4 is 9.52 Å². The van der Waals surface area contributed by atoms with Crippen molar-refractivity contribution in [2.75, 3.05) is 0 Å². The summed E-state index contributed by atoms with van der Waals surface area (Å²) in [5.74, 6) is 0. The molecule has 0 amide bonds. The summed E-state index contributed by atoms with van der Waals surface area (Å²) < 4.78 is 0. The van der Waals surface area contributed by atoms with Crippen LogP contribution in [0.4, 0.5) is 0 Å². The Kier molecular flexibility index (Phi) is 36.4. The quantitative estimate of drug-likeness (QED) is 0.0566. The molecule has 0 saturated carbocycles. The van der Waals surface area contributed by atoms with Gasteiger partial charge in [-0.3, -0.25) is 0 Å². The topological polar surface area (TPSA) is 0 Å². The highest BCUT2D eigenvalue weighted by molar-refractivity contribution is 6.35. The van der Waals surface area contributed by atoms with E-state index >= 15 is 0 Å². The van der Waals surface area contributed by atoms with Gasteiger partial charge in [-0.25, -0.2) is 0 Å². The summed E-state index contributed by atoms with van der Waals surface area (Å²) in [5, 5.41) is 0. The lowest BCUT2D eigenvalue weighted by molar-refractivity contribution is 0.531. The van der Waals surface area contributed by atoms with Gasteiger partial charge in [-0.2, -0.15) is 0 Å². The predicted octanol–water partition coefficient (Wildman–Crippen LogP) is 13.5. The molecule has 0 spiro atoms. The number of hydrogen-bond acceptors (Lipinski definition) is 0. The molecule has 37 heavy (non-hydrogen) atoms. The number of hydrogen-bond donors (Lipinski definition) is 0. The van der Waals surface area contributed by atoms with Gasteiger partial charge in [0.1, 0.15) is 0 Å². The maximum absolute atomic E-state index is 2.31. The summed E-state index contributed by atoms with van der Waals surface area (Å²) >= 11 is 0. The fourth-order valence-corrected chi connectivity index (χ4v) is 7.75. The molecule has 0 nitrogen and oxygen atoms in total. The smallest absolute Gasteiger partial charge is 0.0197 e. The fraction of sp³-hybridized carbons (Fsp3) is 1.00. The summed E-state index contributed by atoms with van der Waals surface area (Å²) in [6, 6.07) is 3.27. The number of rotatable bonds is 34. The van der Waals surface area contributed by atoms with Crippen molar-refractivity contribution in [2.24, 2.45) is 0 Å². The molecular weight excluding hydrogens is 460 g/mol. The van der Waals surface area contributed by atoms with Crippen LogP contribution < -0.4 is 0 Å². The molecule has 224 valence electrons. The molecule has 0 aromatic rings. The number of unbranched alkanes of at least 4 members (excludes halogenated alkanes) is 30. The van der Waals surface area contributed by atoms with Crippen LogP contribution in [-0.4, -0.2) is 9.52 Å². The van der Waals surface area contributed by atoms with E-state index in [1.807, 2.05) is 0 Å². The van der Waals surface area contributed by atoms with Crippen molar-refractivity contribution in [1.82, 2.24) is 0 Å². The van der Waals surface area contributed by atoms with Crippen molar-refractivity contribution in [1.29, 1.82) is 0 Å². The minimum atomic E-state index is 0.282. The molecule has 0 aromatic carbocycles. The molecule has 0 heterocycles. The van der Waals surface area contributed by atoms with E-state index in [-0.39, 0.29) is 9.52 Å². The molecule has 0 aliphatic heterocycles. The van der Waals surface area contributed by atoms with E-state index in [9.17, 15) is 0 Å². The van der Waals surface area contributed by atoms with Gasteiger partial charge >= 0.3 is 0 Å². The average molecular weight is 537 g/mol. The second-order valence-corrected chi connectivity index (χ2v) is 14.8. The average Bonchev–Trinajstić information content (AvgIpc) is 2.91. The molecule has 0 saturated heterocycles. The zero-order chi connectivity index (χ0) is 26.7. The lowest BCUT2D eigenvalue weighted by atomic mass is 10.0. The van der Waals surface area contributed by atoms with E-state index in [0.29, 0.717) is 0 Å². The van der Waals surface area contributed by atoms with Crippen molar-refractivity contribution in [2.45, 2.75) is 231 Å². The molecule has 0 fully saturated rings. The van der Waals surface area contributed by atoms with Gasteiger partial charge in [0.2, 0.25) is 0 Å². The first-order valence-corrected chi connectivity index (χ1v) is 20.4. The van der Waals surface area contributed by atoms with Gasteiger partial charge in [0.15, 0.2) is 0 Å². The Labute approximate surface area is 240 Å². The van der Waals surface area contributed by atoms with Crippen molar-refractivity contribution < 1.29 is 0 Å². The Balaban J connectivity index is 3.00. The summed E-state index contributed by atoms with van der Waals surface area (Å²) in [4.78, 5) is 0. The molecular formula is C36H76Si. The third-order valence-electron chi connectivity index (χ3n) is 8.71. The van der Waals surface area contributed by atoms with Gasteiger partial charge in [0, 0.05) is 9.52 Å². The maximum atomic E-state index is 2.31. The summed E-state index contributed by atoms with van der Waals surface area (Å²) in [7, 11) is 0.282. The van der Waals surface area contributed by atoms with Crippen LogP contribution in [0.2, 0.25) is 12.1 Å². The third-order valence-corrected chi connectivity index (χ3v) is 10.7. The van der Waals surface area contributed by atoms with E-state index in [1.165, 1.54) is 193 Å². The van der Waals surface area contributed by atoms with Crippen LogP contribution in [0.1, 0.15) is 219 Å². The molecule has 0 aromatic heterocycles. The molecule has 0 aliphatic carbocycles. The second-order valence-electron chi connectivity index (χ2n) is 12.7. The molecule has 1 heteroatoms. The minimum Gasteiger partial charge on any atom is -0.0654 e.